The number of nitrogens with zero attached hydrogens (tertiary/aromatic N) is 3. The summed E-state index contributed by atoms with van der Waals surface area (Å²) in [6.07, 6.45) is 4.66. The number of fused-ring (bicyclic) bond motifs is 3. The van der Waals surface area contributed by atoms with E-state index in [1.807, 2.05) is 0 Å². The third kappa shape index (κ3) is 3.98. The summed E-state index contributed by atoms with van der Waals surface area (Å²) in [5, 5.41) is 0. The molecule has 176 valence electrons. The van der Waals surface area contributed by atoms with Crippen LogP contribution >= 0.6 is 9.19 Å². The van der Waals surface area contributed by atoms with Gasteiger partial charge in [0.15, 0.2) is 0 Å². The molecule has 32 heavy (non-hydrogen) atoms. The zero-order chi connectivity index (χ0) is 23.0. The average Bonchev–Trinajstić information content (AvgIpc) is 3.17. The summed E-state index contributed by atoms with van der Waals surface area (Å²) in [5.41, 5.74) is 8.20. The molecule has 1 unspecified atom stereocenters. The third-order valence-corrected chi connectivity index (χ3v) is 9.26. The molecule has 4 rings (SSSR count). The molecule has 0 spiro atoms. The van der Waals surface area contributed by atoms with Crippen molar-refractivity contribution in [2.45, 2.75) is 59.4 Å². The summed E-state index contributed by atoms with van der Waals surface area (Å²) in [6.45, 7) is 16.5. The Morgan fingerprint density at radius 2 is 1.59 bits per heavy atom. The van der Waals surface area contributed by atoms with E-state index in [1.165, 1.54) is 37.6 Å². The second-order valence-electron chi connectivity index (χ2n) is 9.17. The van der Waals surface area contributed by atoms with E-state index in [2.05, 4.69) is 105 Å². The van der Waals surface area contributed by atoms with Gasteiger partial charge in [0.1, 0.15) is 0 Å². The van der Waals surface area contributed by atoms with E-state index in [9.17, 15) is 0 Å². The predicted molar refractivity (Wildman–Crippen MR) is 138 cm³/mol. The Labute approximate surface area is 206 Å². The fourth-order valence-corrected chi connectivity index (χ4v) is 7.49. The predicted octanol–water partition coefficient (Wildman–Crippen LogP) is 6.83. The van der Waals surface area contributed by atoms with Gasteiger partial charge in [-0.25, -0.2) is 0 Å². The molecular weight excluding hydrogens is 599 g/mol. The van der Waals surface area contributed by atoms with Crippen LogP contribution < -0.4 is 14.7 Å². The molecule has 2 aliphatic rings. The van der Waals surface area contributed by atoms with Crippen molar-refractivity contribution in [1.29, 1.82) is 0 Å². The summed E-state index contributed by atoms with van der Waals surface area (Å²) in [5.74, 6) is 0.923. The molecule has 0 N–H and O–H groups in total. The van der Waals surface area contributed by atoms with Crippen molar-refractivity contribution in [3.8, 4) is 0 Å². The van der Waals surface area contributed by atoms with Crippen LogP contribution in [-0.4, -0.2) is 29.6 Å². The van der Waals surface area contributed by atoms with Crippen LogP contribution in [0.1, 0.15) is 70.1 Å². The third-order valence-electron chi connectivity index (χ3n) is 6.65. The number of hydrogen-bond acceptors (Lipinski definition) is 3. The molecule has 2 aromatic carbocycles. The van der Waals surface area contributed by atoms with Gasteiger partial charge in [-0.2, -0.15) is 0 Å². The Hall–Kier alpha value is -1.52. The van der Waals surface area contributed by atoms with Gasteiger partial charge in [-0.3, -0.25) is 0 Å². The summed E-state index contributed by atoms with van der Waals surface area (Å²) in [4.78, 5) is 7.61. The van der Waals surface area contributed by atoms with Gasteiger partial charge in [0.25, 0.3) is 0 Å². The Morgan fingerprint density at radius 1 is 0.969 bits per heavy atom. The number of anilines is 3. The van der Waals surface area contributed by atoms with E-state index in [0.29, 0.717) is 11.8 Å². The van der Waals surface area contributed by atoms with Crippen LogP contribution in [0.25, 0.3) is 6.08 Å². The van der Waals surface area contributed by atoms with E-state index in [4.69, 9.17) is 9.19 Å². The van der Waals surface area contributed by atoms with Crippen LogP contribution in [0, 0.1) is 0 Å². The van der Waals surface area contributed by atoms with Crippen LogP contribution in [0.15, 0.2) is 42.5 Å². The van der Waals surface area contributed by atoms with Crippen LogP contribution in [0.5, 0.6) is 0 Å². The molecule has 0 saturated carbocycles. The molecule has 1 saturated heterocycles. The van der Waals surface area contributed by atoms with Crippen molar-refractivity contribution in [3.05, 3.63) is 59.2 Å². The Morgan fingerprint density at radius 3 is 2.16 bits per heavy atom. The summed E-state index contributed by atoms with van der Waals surface area (Å²) < 4.78 is 1.37. The molecule has 2 aromatic rings. The van der Waals surface area contributed by atoms with Crippen molar-refractivity contribution >= 4 is 36.2 Å². The number of rotatable bonds is 6. The normalized spacial score (nSPS) is 19.2. The maximum atomic E-state index is 6.77. The molecule has 2 heterocycles. The minimum absolute atomic E-state index is 0.235. The van der Waals surface area contributed by atoms with Gasteiger partial charge in [-0.15, -0.1) is 0 Å². The van der Waals surface area contributed by atoms with Crippen LogP contribution in [0.4, 0.5) is 17.1 Å². The fraction of sp³-hybridized carbons (Fsp3) is 0.444. The standard InChI is InChI=1S/C27H35N3.Au.ClH/c1-7-28(8-2)25-14-9-11-21-15-16-22-17-29(18-30(22)26(21)25)27-23(19(3)4)12-10-13-24(27)20(5)6;;/h9-16,19-20,22H,7-8,18H2,1-6H3;;1H/q;+1;/p-1. The molecule has 0 aliphatic carbocycles. The van der Waals surface area contributed by atoms with Gasteiger partial charge in [0.2, 0.25) is 0 Å². The second-order valence-corrected chi connectivity index (χ2v) is 11.6. The first-order valence-electron chi connectivity index (χ1n) is 11.7. The monoisotopic (exact) mass is 633 g/mol. The molecule has 1 atom stereocenters. The van der Waals surface area contributed by atoms with Crippen LogP contribution in [-0.2, 0) is 18.2 Å². The van der Waals surface area contributed by atoms with Crippen LogP contribution in [0.3, 0.4) is 0 Å². The first kappa shape index (κ1) is 23.6. The first-order chi connectivity index (χ1) is 15.4. The average molecular weight is 634 g/mol. The van der Waals surface area contributed by atoms with Gasteiger partial charge in [-0.05, 0) is 0 Å². The summed E-state index contributed by atoms with van der Waals surface area (Å²) >= 11 is -0.459. The molecule has 0 bridgehead atoms. The van der Waals surface area contributed by atoms with E-state index in [-0.39, 0.29) is 6.04 Å². The number of benzene rings is 2. The van der Waals surface area contributed by atoms with Crippen molar-refractivity contribution in [2.24, 2.45) is 0 Å². The van der Waals surface area contributed by atoms with E-state index >= 15 is 0 Å². The van der Waals surface area contributed by atoms with Crippen molar-refractivity contribution in [3.63, 3.8) is 0 Å². The molecule has 3 nitrogen and oxygen atoms in total. The van der Waals surface area contributed by atoms with E-state index in [0.717, 1.165) is 19.8 Å². The molecule has 0 aromatic heterocycles. The van der Waals surface area contributed by atoms with Gasteiger partial charge in [0, 0.05) is 0 Å². The van der Waals surface area contributed by atoms with Crippen LogP contribution in [0.2, 0.25) is 0 Å². The zero-order valence-electron chi connectivity index (χ0n) is 20.0. The van der Waals surface area contributed by atoms with E-state index < -0.39 is 18.2 Å². The van der Waals surface area contributed by atoms with Gasteiger partial charge in [0.05, 0.1) is 0 Å². The van der Waals surface area contributed by atoms with Gasteiger partial charge < -0.3 is 0 Å². The Kier molecular flexibility index (Phi) is 7.21. The number of para-hydroxylation sites is 2. The molecule has 5 heteroatoms. The zero-order valence-corrected chi connectivity index (χ0v) is 22.9. The molecule has 2 aliphatic heterocycles. The summed E-state index contributed by atoms with van der Waals surface area (Å²) in [7, 11) is 6.77. The van der Waals surface area contributed by atoms with Gasteiger partial charge >= 0.3 is 207 Å². The Balaban J connectivity index is 1.88. The number of hydrogen-bond donors (Lipinski definition) is 0. The molecule has 1 fully saturated rings. The molecule has 0 amide bonds. The van der Waals surface area contributed by atoms with Gasteiger partial charge in [-0.1, -0.05) is 0 Å². The first-order valence-corrected chi connectivity index (χ1v) is 15.5. The summed E-state index contributed by atoms with van der Waals surface area (Å²) in [6, 6.07) is 13.8. The second kappa shape index (κ2) is 9.77. The molecule has 0 radical (unpaired) electrons. The number of halogens is 1. The van der Waals surface area contributed by atoms with Crippen molar-refractivity contribution in [2.75, 3.05) is 34.5 Å². The topological polar surface area (TPSA) is 9.72 Å². The van der Waals surface area contributed by atoms with E-state index in [1.54, 1.807) is 0 Å². The molecular formula is C27H35AuClN3. The quantitative estimate of drug-likeness (QED) is 0.323. The SMILES string of the molecule is CCN(CC)c1cccc2c1N1CN(c3c(C(C)C)cccc3C(C)C)[C](=[Au][Cl])C1C=C2. The fourth-order valence-electron chi connectivity index (χ4n) is 5.03. The van der Waals surface area contributed by atoms with Crippen molar-refractivity contribution < 1.29 is 18.2 Å². The maximum absolute atomic E-state index is 6.77. The van der Waals surface area contributed by atoms with Crippen molar-refractivity contribution in [1.82, 2.24) is 0 Å². The Bertz CT molecular complexity index is 1010. The minimum atomic E-state index is -0.459.